The summed E-state index contributed by atoms with van der Waals surface area (Å²) in [5.74, 6) is 0.906. The molecule has 1 aromatic heterocycles. The van der Waals surface area contributed by atoms with Crippen LogP contribution in [0.4, 0.5) is 5.69 Å². The van der Waals surface area contributed by atoms with E-state index in [2.05, 4.69) is 17.2 Å². The largest absolute Gasteiger partial charge is 0.492 e. The maximum absolute atomic E-state index is 5.60. The summed E-state index contributed by atoms with van der Waals surface area (Å²) in [6.45, 7) is 3.46. The highest BCUT2D eigenvalue weighted by Crippen LogP contribution is 2.11. The normalized spacial score (nSPS) is 9.94. The Hall–Kier alpha value is -2.03. The second kappa shape index (κ2) is 5.89. The van der Waals surface area contributed by atoms with E-state index in [0.29, 0.717) is 6.61 Å². The minimum atomic E-state index is 0.637. The van der Waals surface area contributed by atoms with Crippen LogP contribution in [-0.2, 0) is 0 Å². The van der Waals surface area contributed by atoms with Gasteiger partial charge in [0.1, 0.15) is 12.4 Å². The van der Waals surface area contributed by atoms with E-state index in [1.807, 2.05) is 36.4 Å². The molecule has 0 aliphatic rings. The molecule has 2 aromatic rings. The van der Waals surface area contributed by atoms with E-state index in [0.717, 1.165) is 18.0 Å². The molecule has 17 heavy (non-hydrogen) atoms. The predicted octanol–water partition coefficient (Wildman–Crippen LogP) is 2.88. The molecule has 0 unspecified atom stereocenters. The molecule has 0 aliphatic heterocycles. The van der Waals surface area contributed by atoms with Crippen molar-refractivity contribution in [3.63, 3.8) is 0 Å². The van der Waals surface area contributed by atoms with Gasteiger partial charge in [-0.2, -0.15) is 0 Å². The molecule has 3 nitrogen and oxygen atoms in total. The molecule has 88 valence electrons. The minimum Gasteiger partial charge on any atom is -0.492 e. The van der Waals surface area contributed by atoms with Crippen LogP contribution in [0.1, 0.15) is 5.56 Å². The zero-order chi connectivity index (χ0) is 11.9. The summed E-state index contributed by atoms with van der Waals surface area (Å²) in [4.78, 5) is 4.03. The van der Waals surface area contributed by atoms with Gasteiger partial charge in [0, 0.05) is 18.9 Å². The maximum Gasteiger partial charge on any atom is 0.119 e. The first-order chi connectivity index (χ1) is 8.34. The molecule has 0 spiro atoms. The summed E-state index contributed by atoms with van der Waals surface area (Å²) in [6.07, 6.45) is 3.56. The summed E-state index contributed by atoms with van der Waals surface area (Å²) < 4.78 is 5.60. The number of aromatic nitrogens is 1. The quantitative estimate of drug-likeness (QED) is 0.799. The zero-order valence-electron chi connectivity index (χ0n) is 9.89. The van der Waals surface area contributed by atoms with Gasteiger partial charge in [-0.25, -0.2) is 0 Å². The average molecular weight is 228 g/mol. The van der Waals surface area contributed by atoms with Gasteiger partial charge in [0.15, 0.2) is 0 Å². The SMILES string of the molecule is Cc1ccc(OCCNc2cccnc2)cc1. The zero-order valence-corrected chi connectivity index (χ0v) is 9.89. The van der Waals surface area contributed by atoms with E-state index in [1.165, 1.54) is 5.56 Å². The van der Waals surface area contributed by atoms with E-state index in [-0.39, 0.29) is 0 Å². The fourth-order valence-electron chi connectivity index (χ4n) is 1.47. The number of ether oxygens (including phenoxy) is 1. The van der Waals surface area contributed by atoms with E-state index in [1.54, 1.807) is 12.4 Å². The van der Waals surface area contributed by atoms with Crippen LogP contribution in [0, 0.1) is 6.92 Å². The first-order valence-electron chi connectivity index (χ1n) is 5.68. The Morgan fingerprint density at radius 1 is 1.18 bits per heavy atom. The Labute approximate surface area is 101 Å². The van der Waals surface area contributed by atoms with Crippen molar-refractivity contribution in [2.24, 2.45) is 0 Å². The van der Waals surface area contributed by atoms with Gasteiger partial charge < -0.3 is 10.1 Å². The summed E-state index contributed by atoms with van der Waals surface area (Å²) in [5.41, 5.74) is 2.26. The number of anilines is 1. The number of rotatable bonds is 5. The third-order valence-electron chi connectivity index (χ3n) is 2.38. The van der Waals surface area contributed by atoms with E-state index in [9.17, 15) is 0 Å². The van der Waals surface area contributed by atoms with Crippen LogP contribution in [0.15, 0.2) is 48.8 Å². The van der Waals surface area contributed by atoms with Crippen molar-refractivity contribution in [2.75, 3.05) is 18.5 Å². The topological polar surface area (TPSA) is 34.1 Å². The van der Waals surface area contributed by atoms with Crippen molar-refractivity contribution in [1.29, 1.82) is 0 Å². The lowest BCUT2D eigenvalue weighted by molar-refractivity contribution is 0.333. The van der Waals surface area contributed by atoms with E-state index >= 15 is 0 Å². The van der Waals surface area contributed by atoms with Crippen LogP contribution in [0.25, 0.3) is 0 Å². The number of aryl methyl sites for hydroxylation is 1. The fourth-order valence-corrected chi connectivity index (χ4v) is 1.47. The molecular weight excluding hydrogens is 212 g/mol. The highest BCUT2D eigenvalue weighted by molar-refractivity contribution is 5.39. The second-order valence-corrected chi connectivity index (χ2v) is 3.83. The van der Waals surface area contributed by atoms with Crippen LogP contribution in [0.2, 0.25) is 0 Å². The standard InChI is InChI=1S/C14H16N2O/c1-12-4-6-14(7-5-12)17-10-9-16-13-3-2-8-15-11-13/h2-8,11,16H,9-10H2,1H3. The van der Waals surface area contributed by atoms with Gasteiger partial charge in [0.2, 0.25) is 0 Å². The van der Waals surface area contributed by atoms with Crippen LogP contribution < -0.4 is 10.1 Å². The Bertz CT molecular complexity index is 440. The Kier molecular flexibility index (Phi) is 3.97. The van der Waals surface area contributed by atoms with Gasteiger partial charge in [-0.15, -0.1) is 0 Å². The lowest BCUT2D eigenvalue weighted by Gasteiger charge is -2.08. The number of benzene rings is 1. The van der Waals surface area contributed by atoms with Crippen molar-refractivity contribution >= 4 is 5.69 Å². The Morgan fingerprint density at radius 2 is 2.00 bits per heavy atom. The molecule has 0 saturated carbocycles. The summed E-state index contributed by atoms with van der Waals surface area (Å²) in [7, 11) is 0. The van der Waals surface area contributed by atoms with Gasteiger partial charge in [-0.1, -0.05) is 17.7 Å². The summed E-state index contributed by atoms with van der Waals surface area (Å²) in [5, 5.41) is 3.24. The van der Waals surface area contributed by atoms with Crippen LogP contribution in [0.3, 0.4) is 0 Å². The average Bonchev–Trinajstić information content (AvgIpc) is 2.38. The van der Waals surface area contributed by atoms with Gasteiger partial charge in [-0.05, 0) is 31.2 Å². The Balaban J connectivity index is 1.71. The molecule has 0 radical (unpaired) electrons. The third-order valence-corrected chi connectivity index (χ3v) is 2.38. The number of nitrogens with zero attached hydrogens (tertiary/aromatic N) is 1. The molecule has 0 bridgehead atoms. The molecule has 0 aliphatic carbocycles. The predicted molar refractivity (Wildman–Crippen MR) is 69.4 cm³/mol. The van der Waals surface area contributed by atoms with Gasteiger partial charge in [-0.3, -0.25) is 4.98 Å². The Morgan fingerprint density at radius 3 is 2.71 bits per heavy atom. The van der Waals surface area contributed by atoms with Gasteiger partial charge in [0.25, 0.3) is 0 Å². The van der Waals surface area contributed by atoms with E-state index in [4.69, 9.17) is 4.74 Å². The number of hydrogen-bond donors (Lipinski definition) is 1. The molecule has 1 aromatic carbocycles. The lowest BCUT2D eigenvalue weighted by Crippen LogP contribution is -2.11. The van der Waals surface area contributed by atoms with Crippen molar-refractivity contribution in [3.8, 4) is 5.75 Å². The molecule has 1 N–H and O–H groups in total. The molecular formula is C14H16N2O. The van der Waals surface area contributed by atoms with Crippen molar-refractivity contribution in [1.82, 2.24) is 4.98 Å². The van der Waals surface area contributed by atoms with Gasteiger partial charge >= 0.3 is 0 Å². The highest BCUT2D eigenvalue weighted by Gasteiger charge is 1.93. The van der Waals surface area contributed by atoms with Crippen LogP contribution in [-0.4, -0.2) is 18.1 Å². The van der Waals surface area contributed by atoms with Gasteiger partial charge in [0.05, 0.1) is 5.69 Å². The molecule has 0 atom stereocenters. The van der Waals surface area contributed by atoms with Crippen LogP contribution in [0.5, 0.6) is 5.75 Å². The smallest absolute Gasteiger partial charge is 0.119 e. The molecule has 1 heterocycles. The summed E-state index contributed by atoms with van der Waals surface area (Å²) in [6, 6.07) is 12.0. The van der Waals surface area contributed by atoms with Crippen molar-refractivity contribution in [3.05, 3.63) is 54.4 Å². The maximum atomic E-state index is 5.60. The fraction of sp³-hybridized carbons (Fsp3) is 0.214. The summed E-state index contributed by atoms with van der Waals surface area (Å²) >= 11 is 0. The third kappa shape index (κ3) is 3.79. The highest BCUT2D eigenvalue weighted by atomic mass is 16.5. The lowest BCUT2D eigenvalue weighted by atomic mass is 10.2. The first-order valence-corrected chi connectivity index (χ1v) is 5.68. The van der Waals surface area contributed by atoms with Crippen molar-refractivity contribution in [2.45, 2.75) is 6.92 Å². The molecule has 3 heteroatoms. The van der Waals surface area contributed by atoms with E-state index < -0.39 is 0 Å². The first kappa shape index (κ1) is 11.5. The molecule has 0 amide bonds. The monoisotopic (exact) mass is 228 g/mol. The number of nitrogens with one attached hydrogen (secondary N) is 1. The second-order valence-electron chi connectivity index (χ2n) is 3.83. The molecule has 0 fully saturated rings. The van der Waals surface area contributed by atoms with Crippen molar-refractivity contribution < 1.29 is 4.74 Å². The molecule has 0 saturated heterocycles. The minimum absolute atomic E-state index is 0.637. The molecule has 2 rings (SSSR count). The number of hydrogen-bond acceptors (Lipinski definition) is 3. The number of pyridine rings is 1. The van der Waals surface area contributed by atoms with Crippen LogP contribution >= 0.6 is 0 Å².